The molecule has 0 aliphatic carbocycles. The van der Waals surface area contributed by atoms with Gasteiger partial charge < -0.3 is 91.4 Å². The molecule has 43 nitrogen and oxygen atoms in total. The van der Waals surface area contributed by atoms with Gasteiger partial charge in [-0.1, -0.05) is 0 Å². The normalized spacial score (nSPS) is 11.2. The summed E-state index contributed by atoms with van der Waals surface area (Å²) in [4.78, 5) is 69.4. The van der Waals surface area contributed by atoms with Gasteiger partial charge in [0.25, 0.3) is 34.3 Å². The molecule has 2 aliphatic heterocycles. The van der Waals surface area contributed by atoms with Crippen LogP contribution in [0.5, 0.6) is 23.0 Å². The molecule has 0 bridgehead atoms. The van der Waals surface area contributed by atoms with Gasteiger partial charge in [0, 0.05) is 141 Å². The molecular formula is C54H73ClN10O33S2. The molecule has 0 saturated carbocycles. The van der Waals surface area contributed by atoms with Gasteiger partial charge in [-0.15, -0.1) is 11.6 Å². The standard InChI is InChI=1S/C10H12N2O5.C8H10N2O3.C8H12N2O.C8H7NO4.C8H9NO4.C6H5NO3.C3H6O3.C2H4ClNO.CH4O.2H2O4S/c1-16-5-7-4-8(12(14)15)2-3-9(7)17-6-10(11)13;1-13-5-6-4-7(10(11)12)2-3-8(6)9;1-11-5-6-4-7(9)2-3-8(6)10;10-9(11)7-1-2-8-6(3-7)4-12-5-13-8;1-13-5-6-4-7(9(11)12)2-3-8(6)10;8-6-3-1-5(2-4-6)7(9)10;1-4-2-6-3-5-1;3-1-2(4)5;1-2;2*1-5(2,3)4/h2-4H,5-6H2,1H3,(H2,11,13);2-4H,5,9H2,1H3;2-4H,5,9-10H2,1H3;1-3H,4-5H2;2-4,10H,5H2,1H3;1-4,8H;1-3H2;1H2,(H2,4,5);2H,1H3;2*(H2,1,2,3,4). The van der Waals surface area contributed by atoms with Crippen LogP contribution in [-0.2, 0) is 101 Å². The quantitative estimate of drug-likeness (QED) is 0.0186. The van der Waals surface area contributed by atoms with E-state index in [0.717, 1.165) is 23.9 Å². The number of hydrogen-bond acceptors (Lipinski definition) is 32. The number of methoxy groups -OCH3 is 4. The third-order valence-corrected chi connectivity index (χ3v) is 10.4. The second-order valence-corrected chi connectivity index (χ2v) is 19.7. The summed E-state index contributed by atoms with van der Waals surface area (Å²) in [6.45, 7) is 2.53. The van der Waals surface area contributed by atoms with Crippen molar-refractivity contribution in [2.24, 2.45) is 11.5 Å². The number of hydrogen-bond donors (Lipinski definition) is 12. The molecule has 46 heteroatoms. The Bertz CT molecular complexity index is 3590. The summed E-state index contributed by atoms with van der Waals surface area (Å²) in [5.41, 5.74) is 31.3. The Morgan fingerprint density at radius 2 is 0.840 bits per heavy atom. The van der Waals surface area contributed by atoms with Gasteiger partial charge in [0.1, 0.15) is 28.9 Å². The molecule has 0 spiro atoms. The van der Waals surface area contributed by atoms with E-state index in [4.69, 9.17) is 113 Å². The number of fused-ring (bicyclic) bond motifs is 1. The number of nitrogens with zero attached hydrogens (tertiary/aromatic N) is 5. The van der Waals surface area contributed by atoms with Gasteiger partial charge in [0.05, 0.1) is 57.7 Å². The lowest BCUT2D eigenvalue weighted by Gasteiger charge is -2.16. The second kappa shape index (κ2) is 52.6. The topological polar surface area (TPSA) is 682 Å². The van der Waals surface area contributed by atoms with Crippen LogP contribution in [0.1, 0.15) is 27.8 Å². The first-order valence-corrected chi connectivity index (χ1v) is 29.8. The number of benzene rings is 6. The highest BCUT2D eigenvalue weighted by Crippen LogP contribution is 2.28. The number of nitrogen functional groups attached to an aromatic ring is 3. The minimum Gasteiger partial charge on any atom is -0.508 e. The van der Waals surface area contributed by atoms with Crippen molar-refractivity contribution in [1.82, 2.24) is 0 Å². The summed E-state index contributed by atoms with van der Waals surface area (Å²) < 4.78 is 112. The van der Waals surface area contributed by atoms with Crippen molar-refractivity contribution >= 4 is 89.7 Å². The summed E-state index contributed by atoms with van der Waals surface area (Å²) in [5.74, 6) is -0.135. The van der Waals surface area contributed by atoms with E-state index in [1.54, 1.807) is 25.3 Å². The number of aliphatic hydroxyl groups excluding tert-OH is 1. The average molecular weight is 1490 g/mol. The lowest BCUT2D eigenvalue weighted by atomic mass is 10.2. The van der Waals surface area contributed by atoms with Crippen LogP contribution in [0.4, 0.5) is 45.5 Å². The minimum atomic E-state index is -4.67. The maximum atomic E-state index is 10.6. The molecule has 0 unspecified atom stereocenters. The third kappa shape index (κ3) is 48.3. The zero-order chi connectivity index (χ0) is 77.1. The van der Waals surface area contributed by atoms with Gasteiger partial charge in [-0.2, -0.15) is 16.8 Å². The maximum Gasteiger partial charge on any atom is 0.394 e. The molecule has 0 aromatic heterocycles. The minimum absolute atomic E-state index is 0.00690. The van der Waals surface area contributed by atoms with E-state index in [0.29, 0.717) is 73.2 Å². The van der Waals surface area contributed by atoms with Crippen molar-refractivity contribution in [1.29, 1.82) is 0 Å². The van der Waals surface area contributed by atoms with Crippen LogP contribution in [0.15, 0.2) is 115 Å². The molecule has 8 rings (SSSR count). The van der Waals surface area contributed by atoms with Gasteiger partial charge in [-0.05, 0) is 54.6 Å². The number of phenolic OH excluding ortho intramolecular Hbond substituents is 2. The number of ether oxygens (including phenoxy) is 10. The highest BCUT2D eigenvalue weighted by Gasteiger charge is 2.16. The number of anilines is 3. The molecule has 100 heavy (non-hydrogen) atoms. The van der Waals surface area contributed by atoms with Gasteiger partial charge in [0.15, 0.2) is 33.8 Å². The number of amides is 2. The predicted molar refractivity (Wildman–Crippen MR) is 351 cm³/mol. The molecule has 0 atom stereocenters. The average Bonchev–Trinajstić information content (AvgIpc) is 0.865. The zero-order valence-corrected chi connectivity index (χ0v) is 55.7. The van der Waals surface area contributed by atoms with Crippen molar-refractivity contribution in [3.8, 4) is 23.0 Å². The number of phenols is 2. The number of nitro benzene ring substituents is 5. The molecule has 6 aromatic carbocycles. The van der Waals surface area contributed by atoms with E-state index in [2.05, 4.69) is 19.9 Å². The second-order valence-electron chi connectivity index (χ2n) is 17.6. The molecule has 2 aliphatic rings. The largest absolute Gasteiger partial charge is 0.508 e. The first-order valence-electron chi connectivity index (χ1n) is 26.4. The lowest BCUT2D eigenvalue weighted by Crippen LogP contribution is -2.20. The molecule has 556 valence electrons. The van der Waals surface area contributed by atoms with Crippen LogP contribution in [0.3, 0.4) is 0 Å². The van der Waals surface area contributed by atoms with Crippen molar-refractivity contribution < 1.29 is 132 Å². The van der Waals surface area contributed by atoms with Crippen molar-refractivity contribution in [3.05, 3.63) is 194 Å². The summed E-state index contributed by atoms with van der Waals surface area (Å²) in [7, 11) is -2.28. The van der Waals surface area contributed by atoms with Gasteiger partial charge in [-0.3, -0.25) is 78.4 Å². The number of non-ortho nitro benzene ring substituents is 5. The van der Waals surface area contributed by atoms with E-state index >= 15 is 0 Å². The van der Waals surface area contributed by atoms with Crippen LogP contribution < -0.4 is 38.1 Å². The molecule has 1 fully saturated rings. The number of rotatable bonds is 17. The Hall–Kier alpha value is -10.5. The maximum absolute atomic E-state index is 10.6. The number of nitro groups is 5. The predicted octanol–water partition coefficient (Wildman–Crippen LogP) is 5.07. The number of nitrogens with two attached hydrogens (primary N) is 5. The van der Waals surface area contributed by atoms with Gasteiger partial charge in [0.2, 0.25) is 5.91 Å². The first-order chi connectivity index (χ1) is 46.8. The number of aliphatic hydroxyl groups is 1. The van der Waals surface area contributed by atoms with E-state index in [1.807, 2.05) is 6.07 Å². The van der Waals surface area contributed by atoms with Gasteiger partial charge in [-0.25, -0.2) is 0 Å². The molecule has 1 saturated heterocycles. The SMILES string of the molecule is C1OCOCO1.CO.COCc1cc(N)ccc1N.COCc1cc([N+](=O)[O-])ccc1N.COCc1cc([N+](=O)[O-])ccc1O.COCc1cc([N+](=O)[O-])ccc1OCC(N)=O.NC(=O)CCl.O=S(=O)(O)O.O=S(=O)(O)O.O=[N+]([O-])c1ccc(O)cc1.O=[N+]([O-])c1ccc2c(c1)COCO2. The van der Waals surface area contributed by atoms with Crippen molar-refractivity contribution in [2.45, 2.75) is 33.0 Å². The number of carbonyl (C=O) groups excluding carboxylic acids is 2. The smallest absolute Gasteiger partial charge is 0.394 e. The monoisotopic (exact) mass is 1490 g/mol. The van der Waals surface area contributed by atoms with E-state index in [-0.39, 0.29) is 79.0 Å². The molecule has 2 amide bonds. The number of aromatic hydroxyl groups is 2. The number of halogens is 1. The van der Waals surface area contributed by atoms with Crippen LogP contribution >= 0.6 is 11.6 Å². The van der Waals surface area contributed by atoms with Crippen LogP contribution in [-0.4, -0.2) is 162 Å². The fourth-order valence-electron chi connectivity index (χ4n) is 6.13. The summed E-state index contributed by atoms with van der Waals surface area (Å²) in [6, 6.07) is 27.0. The van der Waals surface area contributed by atoms with Gasteiger partial charge >= 0.3 is 20.8 Å². The molecule has 0 radical (unpaired) electrons. The highest BCUT2D eigenvalue weighted by atomic mass is 35.5. The number of carbonyl (C=O) groups is 2. The Kier molecular flexibility index (Phi) is 49.3. The van der Waals surface area contributed by atoms with E-state index in [9.17, 15) is 65.3 Å². The first kappa shape index (κ1) is 93.7. The Morgan fingerprint density at radius 3 is 1.25 bits per heavy atom. The third-order valence-electron chi connectivity index (χ3n) is 10.1. The Balaban J connectivity index is -0.00000107. The Labute approximate surface area is 573 Å². The highest BCUT2D eigenvalue weighted by molar-refractivity contribution is 7.80. The molecule has 17 N–H and O–H groups in total. The lowest BCUT2D eigenvalue weighted by molar-refractivity contribution is -0.385. The fraction of sp³-hybridized carbons (Fsp3) is 0.296. The van der Waals surface area contributed by atoms with Crippen LogP contribution in [0.2, 0.25) is 0 Å². The van der Waals surface area contributed by atoms with Crippen LogP contribution in [0.25, 0.3) is 0 Å². The zero-order valence-electron chi connectivity index (χ0n) is 53.3. The molecule has 2 heterocycles. The number of primary amides is 2. The number of alkyl halides is 1. The molecule has 6 aromatic rings. The summed E-state index contributed by atoms with van der Waals surface area (Å²) in [5, 5.41) is 76.7. The Morgan fingerprint density at radius 1 is 0.490 bits per heavy atom. The van der Waals surface area contributed by atoms with E-state index in [1.165, 1.54) is 112 Å². The fourth-order valence-corrected chi connectivity index (χ4v) is 6.13. The van der Waals surface area contributed by atoms with Crippen molar-refractivity contribution in [2.75, 3.05) is 92.4 Å². The van der Waals surface area contributed by atoms with E-state index < -0.39 is 57.2 Å². The van der Waals surface area contributed by atoms with Crippen LogP contribution in [0, 0.1) is 50.6 Å². The molecular weight excluding hydrogens is 1420 g/mol. The summed E-state index contributed by atoms with van der Waals surface area (Å²) in [6.07, 6.45) is 0. The summed E-state index contributed by atoms with van der Waals surface area (Å²) >= 11 is 4.86. The van der Waals surface area contributed by atoms with Crippen molar-refractivity contribution in [3.63, 3.8) is 0 Å².